The number of aromatic nitrogens is 5. The molecule has 7 nitrogen and oxygen atoms in total. The average Bonchev–Trinajstić information content (AvgIpc) is 3.23. The minimum absolute atomic E-state index is 0.328. The zero-order valence-corrected chi connectivity index (χ0v) is 16.6. The quantitative estimate of drug-likeness (QED) is 0.420. The normalized spacial score (nSPS) is 11.7. The van der Waals surface area contributed by atoms with Crippen LogP contribution >= 0.6 is 0 Å². The van der Waals surface area contributed by atoms with Crippen molar-refractivity contribution in [3.05, 3.63) is 54.4 Å². The van der Waals surface area contributed by atoms with Crippen LogP contribution in [0.15, 0.2) is 48.8 Å². The fourth-order valence-corrected chi connectivity index (χ4v) is 3.15. The van der Waals surface area contributed by atoms with E-state index in [1.807, 2.05) is 0 Å². The third kappa shape index (κ3) is 4.64. The minimum Gasteiger partial charge on any atom is -0.385 e. The summed E-state index contributed by atoms with van der Waals surface area (Å²) in [6, 6.07) is 8.57. The fraction of sp³-hybridized carbons (Fsp3) is 0.238. The lowest BCUT2D eigenvalue weighted by Crippen LogP contribution is -2.08. The maximum atomic E-state index is 13.3. The Labute approximate surface area is 175 Å². The predicted octanol–water partition coefficient (Wildman–Crippen LogP) is 4.55. The highest BCUT2D eigenvalue weighted by atomic mass is 19.4. The first-order chi connectivity index (χ1) is 15.0. The molecule has 3 aromatic heterocycles. The minimum atomic E-state index is -4.46. The van der Waals surface area contributed by atoms with Crippen LogP contribution in [0.1, 0.15) is 12.0 Å². The van der Waals surface area contributed by atoms with Crippen LogP contribution in [0.4, 0.5) is 19.1 Å². The van der Waals surface area contributed by atoms with E-state index in [4.69, 9.17) is 4.74 Å². The molecule has 0 bridgehead atoms. The number of anilines is 1. The van der Waals surface area contributed by atoms with Gasteiger partial charge >= 0.3 is 6.18 Å². The molecule has 0 atom stereocenters. The van der Waals surface area contributed by atoms with E-state index in [9.17, 15) is 13.2 Å². The van der Waals surface area contributed by atoms with Gasteiger partial charge in [-0.15, -0.1) is 0 Å². The average molecular weight is 428 g/mol. The number of alkyl halides is 3. The van der Waals surface area contributed by atoms with Crippen LogP contribution in [0.5, 0.6) is 0 Å². The lowest BCUT2D eigenvalue weighted by Gasteiger charge is -2.12. The molecule has 0 spiro atoms. The number of rotatable bonds is 7. The standard InChI is InChI=1S/C21H19F3N6O/c1-31-9-3-7-25-20-26-8-6-17(28-20)16-11-14-12-27-30-19(14)29-18(16)13-4-2-5-15(10-13)21(22,23)24/h2,4-6,8,10-12H,3,7,9H2,1H3,(H,25,26,28)(H,27,29,30). The molecule has 0 radical (unpaired) electrons. The van der Waals surface area contributed by atoms with Gasteiger partial charge in [0.1, 0.15) is 0 Å². The highest BCUT2D eigenvalue weighted by Crippen LogP contribution is 2.36. The summed E-state index contributed by atoms with van der Waals surface area (Å²) in [5.41, 5.74) is 1.54. The number of H-pyrrole nitrogens is 1. The molecule has 0 saturated heterocycles. The highest BCUT2D eigenvalue weighted by molar-refractivity contribution is 5.89. The number of nitrogens with zero attached hydrogens (tertiary/aromatic N) is 4. The summed E-state index contributed by atoms with van der Waals surface area (Å²) >= 11 is 0. The molecular weight excluding hydrogens is 409 g/mol. The number of aromatic amines is 1. The van der Waals surface area contributed by atoms with Crippen LogP contribution in [0.3, 0.4) is 0 Å². The van der Waals surface area contributed by atoms with Crippen molar-refractivity contribution in [2.45, 2.75) is 12.6 Å². The van der Waals surface area contributed by atoms with E-state index < -0.39 is 11.7 Å². The first-order valence-electron chi connectivity index (χ1n) is 9.53. The Morgan fingerprint density at radius 2 is 2.00 bits per heavy atom. The van der Waals surface area contributed by atoms with Crippen molar-refractivity contribution in [3.63, 3.8) is 0 Å². The Kier molecular flexibility index (Phi) is 5.81. The molecule has 0 unspecified atom stereocenters. The van der Waals surface area contributed by atoms with Crippen LogP contribution < -0.4 is 5.32 Å². The number of hydrogen-bond donors (Lipinski definition) is 2. The van der Waals surface area contributed by atoms with Crippen molar-refractivity contribution < 1.29 is 17.9 Å². The second-order valence-electron chi connectivity index (χ2n) is 6.81. The molecule has 160 valence electrons. The first-order valence-corrected chi connectivity index (χ1v) is 9.53. The SMILES string of the molecule is COCCCNc1nccc(-c2cc3cn[nH]c3nc2-c2cccc(C(F)(F)F)c2)n1. The van der Waals surface area contributed by atoms with Gasteiger partial charge in [0.15, 0.2) is 5.65 Å². The van der Waals surface area contributed by atoms with Gasteiger partial charge in [0.05, 0.1) is 23.1 Å². The van der Waals surface area contributed by atoms with E-state index in [0.29, 0.717) is 47.3 Å². The van der Waals surface area contributed by atoms with Crippen LogP contribution in [-0.2, 0) is 10.9 Å². The van der Waals surface area contributed by atoms with Crippen molar-refractivity contribution in [1.29, 1.82) is 0 Å². The summed E-state index contributed by atoms with van der Waals surface area (Å²) in [5.74, 6) is 0.413. The van der Waals surface area contributed by atoms with Crippen molar-refractivity contribution >= 4 is 17.0 Å². The topological polar surface area (TPSA) is 88.6 Å². The maximum Gasteiger partial charge on any atom is 0.416 e. The van der Waals surface area contributed by atoms with Gasteiger partial charge in [0, 0.05) is 43.0 Å². The molecule has 4 rings (SSSR count). The van der Waals surface area contributed by atoms with Crippen LogP contribution in [0, 0.1) is 0 Å². The third-order valence-electron chi connectivity index (χ3n) is 4.63. The third-order valence-corrected chi connectivity index (χ3v) is 4.63. The molecule has 3 heterocycles. The van der Waals surface area contributed by atoms with Crippen LogP contribution in [0.25, 0.3) is 33.5 Å². The number of methoxy groups -OCH3 is 1. The van der Waals surface area contributed by atoms with E-state index in [1.165, 1.54) is 6.07 Å². The maximum absolute atomic E-state index is 13.3. The number of benzene rings is 1. The Bertz CT molecular complexity index is 1190. The number of pyridine rings is 1. The van der Waals surface area contributed by atoms with Gasteiger partial charge in [-0.05, 0) is 30.7 Å². The van der Waals surface area contributed by atoms with E-state index in [-0.39, 0.29) is 0 Å². The summed E-state index contributed by atoms with van der Waals surface area (Å²) in [5, 5.41) is 10.6. The molecule has 0 aliphatic carbocycles. The van der Waals surface area contributed by atoms with Gasteiger partial charge in [0.25, 0.3) is 0 Å². The fourth-order valence-electron chi connectivity index (χ4n) is 3.15. The van der Waals surface area contributed by atoms with Crippen molar-refractivity contribution in [2.75, 3.05) is 25.6 Å². The van der Waals surface area contributed by atoms with Crippen molar-refractivity contribution in [3.8, 4) is 22.5 Å². The number of hydrogen-bond acceptors (Lipinski definition) is 6. The van der Waals surface area contributed by atoms with Crippen LogP contribution in [-0.4, -0.2) is 45.4 Å². The molecule has 31 heavy (non-hydrogen) atoms. The van der Waals surface area contributed by atoms with Gasteiger partial charge in [-0.2, -0.15) is 18.3 Å². The second-order valence-corrected chi connectivity index (χ2v) is 6.81. The Balaban J connectivity index is 1.78. The number of halogens is 3. The van der Waals surface area contributed by atoms with Gasteiger partial charge in [0.2, 0.25) is 5.95 Å². The summed E-state index contributed by atoms with van der Waals surface area (Å²) < 4.78 is 44.8. The monoisotopic (exact) mass is 428 g/mol. The lowest BCUT2D eigenvalue weighted by molar-refractivity contribution is -0.137. The molecule has 4 aromatic rings. The molecule has 0 fully saturated rings. The van der Waals surface area contributed by atoms with Crippen molar-refractivity contribution in [1.82, 2.24) is 25.1 Å². The van der Waals surface area contributed by atoms with Gasteiger partial charge in [-0.1, -0.05) is 12.1 Å². The van der Waals surface area contributed by atoms with Crippen molar-refractivity contribution in [2.24, 2.45) is 0 Å². The zero-order chi connectivity index (χ0) is 21.8. The van der Waals surface area contributed by atoms with E-state index in [2.05, 4.69) is 30.5 Å². The van der Waals surface area contributed by atoms with Gasteiger partial charge < -0.3 is 10.1 Å². The molecular formula is C21H19F3N6O. The zero-order valence-electron chi connectivity index (χ0n) is 16.6. The molecule has 0 aliphatic heterocycles. The summed E-state index contributed by atoms with van der Waals surface area (Å²) in [6.45, 7) is 1.23. The van der Waals surface area contributed by atoms with E-state index in [0.717, 1.165) is 23.9 Å². The second kappa shape index (κ2) is 8.68. The largest absolute Gasteiger partial charge is 0.416 e. The Hall–Kier alpha value is -3.53. The Morgan fingerprint density at radius 1 is 1.13 bits per heavy atom. The summed E-state index contributed by atoms with van der Waals surface area (Å²) in [6.07, 6.45) is -0.478. The number of fused-ring (bicyclic) bond motifs is 1. The predicted molar refractivity (Wildman–Crippen MR) is 110 cm³/mol. The smallest absolute Gasteiger partial charge is 0.385 e. The summed E-state index contributed by atoms with van der Waals surface area (Å²) in [7, 11) is 1.63. The van der Waals surface area contributed by atoms with Gasteiger partial charge in [-0.25, -0.2) is 15.0 Å². The van der Waals surface area contributed by atoms with Crippen LogP contribution in [0.2, 0.25) is 0 Å². The number of nitrogens with one attached hydrogen (secondary N) is 2. The van der Waals surface area contributed by atoms with Gasteiger partial charge in [-0.3, -0.25) is 5.10 Å². The first kappa shape index (κ1) is 20.7. The highest BCUT2D eigenvalue weighted by Gasteiger charge is 2.30. The lowest BCUT2D eigenvalue weighted by atomic mass is 10.0. The molecule has 1 aromatic carbocycles. The van der Waals surface area contributed by atoms with E-state index in [1.54, 1.807) is 37.7 Å². The molecule has 0 aliphatic rings. The molecule has 10 heteroatoms. The van der Waals surface area contributed by atoms with E-state index >= 15 is 0 Å². The summed E-state index contributed by atoms with van der Waals surface area (Å²) in [4.78, 5) is 13.3. The number of ether oxygens (including phenoxy) is 1. The molecule has 0 saturated carbocycles. The molecule has 0 amide bonds. The molecule has 2 N–H and O–H groups in total. The Morgan fingerprint density at radius 3 is 2.81 bits per heavy atom.